The van der Waals surface area contributed by atoms with Gasteiger partial charge in [0, 0.05) is 30.8 Å². The molecule has 1 aromatic heterocycles. The highest BCUT2D eigenvalue weighted by Crippen LogP contribution is 2.45. The number of nitrogens with zero attached hydrogens (tertiary/aromatic N) is 3. The van der Waals surface area contributed by atoms with Gasteiger partial charge in [-0.2, -0.15) is 5.10 Å². The summed E-state index contributed by atoms with van der Waals surface area (Å²) < 4.78 is 7.78. The molecule has 156 valence electrons. The van der Waals surface area contributed by atoms with Crippen molar-refractivity contribution < 1.29 is 9.53 Å². The number of aryl methyl sites for hydroxylation is 1. The van der Waals surface area contributed by atoms with Crippen molar-refractivity contribution in [3.63, 3.8) is 0 Å². The van der Waals surface area contributed by atoms with Gasteiger partial charge in [-0.05, 0) is 47.1 Å². The summed E-state index contributed by atoms with van der Waals surface area (Å²) in [6.07, 6.45) is 8.90. The lowest BCUT2D eigenvalue weighted by Crippen LogP contribution is -2.43. The summed E-state index contributed by atoms with van der Waals surface area (Å²) in [7, 11) is 1.94. The van der Waals surface area contributed by atoms with E-state index in [1.807, 2.05) is 29.0 Å². The molecule has 0 saturated carbocycles. The van der Waals surface area contributed by atoms with Gasteiger partial charge in [0.15, 0.2) is 0 Å². The molecule has 0 N–H and O–H groups in total. The van der Waals surface area contributed by atoms with E-state index in [2.05, 4.69) is 59.7 Å². The third-order valence-electron chi connectivity index (χ3n) is 7.02. The molecule has 5 heteroatoms. The third kappa shape index (κ3) is 2.99. The molecule has 1 saturated heterocycles. The van der Waals surface area contributed by atoms with Crippen LogP contribution >= 0.6 is 0 Å². The largest absolute Gasteiger partial charge is 0.448 e. The number of fused-ring (bicyclic) bond motifs is 5. The van der Waals surface area contributed by atoms with Crippen LogP contribution in [0, 0.1) is 0 Å². The summed E-state index contributed by atoms with van der Waals surface area (Å²) in [6, 6.07) is 17.2. The molecule has 0 radical (unpaired) electrons. The third-order valence-corrected chi connectivity index (χ3v) is 7.02. The monoisotopic (exact) mass is 411 g/mol. The topological polar surface area (TPSA) is 47.4 Å². The molecule has 5 nitrogen and oxygen atoms in total. The number of carbonyl (C=O) groups is 1. The van der Waals surface area contributed by atoms with E-state index < -0.39 is 0 Å². The zero-order chi connectivity index (χ0) is 20.9. The second-order valence-corrected chi connectivity index (χ2v) is 8.81. The quantitative estimate of drug-likeness (QED) is 0.610. The standard InChI is InChI=1S/C26H25N3O2/c1-28-15-18(14-27-28)17-12-19-10-11-20(13-17)29(19)26(30)31-16-25-23-8-4-2-6-21(23)22-7-3-5-9-24(22)25/h2-9,12,14-15,19-20,25H,10-11,13,16H2,1H3. The van der Waals surface area contributed by atoms with Crippen LogP contribution in [0.2, 0.25) is 0 Å². The fourth-order valence-corrected chi connectivity index (χ4v) is 5.58. The van der Waals surface area contributed by atoms with Gasteiger partial charge in [-0.25, -0.2) is 4.79 Å². The van der Waals surface area contributed by atoms with Crippen molar-refractivity contribution >= 4 is 11.7 Å². The van der Waals surface area contributed by atoms with Crippen LogP contribution in [0.4, 0.5) is 4.79 Å². The molecule has 3 aliphatic rings. The van der Waals surface area contributed by atoms with Gasteiger partial charge >= 0.3 is 6.09 Å². The molecule has 2 aliphatic heterocycles. The molecule has 0 spiro atoms. The van der Waals surface area contributed by atoms with Crippen molar-refractivity contribution in [2.24, 2.45) is 7.05 Å². The number of hydrogen-bond donors (Lipinski definition) is 0. The lowest BCUT2D eigenvalue weighted by molar-refractivity contribution is 0.0866. The lowest BCUT2D eigenvalue weighted by atomic mass is 9.97. The minimum Gasteiger partial charge on any atom is -0.448 e. The van der Waals surface area contributed by atoms with Crippen LogP contribution in [0.3, 0.4) is 0 Å². The Hall–Kier alpha value is -3.34. The second-order valence-electron chi connectivity index (χ2n) is 8.81. The summed E-state index contributed by atoms with van der Waals surface area (Å²) in [5.41, 5.74) is 7.45. The van der Waals surface area contributed by atoms with Crippen LogP contribution in [0.5, 0.6) is 0 Å². The van der Waals surface area contributed by atoms with Crippen LogP contribution in [-0.2, 0) is 11.8 Å². The highest BCUT2D eigenvalue weighted by molar-refractivity contribution is 5.79. The molecular formula is C26H25N3O2. The van der Waals surface area contributed by atoms with Crippen molar-refractivity contribution in [2.75, 3.05) is 6.61 Å². The molecule has 3 heterocycles. The first-order valence-electron chi connectivity index (χ1n) is 11.0. The Labute approximate surface area is 181 Å². The SMILES string of the molecule is Cn1cc(C2=CC3CCC(C2)N3C(=O)OCC2c3ccccc3-c3ccccc32)cn1. The summed E-state index contributed by atoms with van der Waals surface area (Å²) in [6.45, 7) is 0.377. The van der Waals surface area contributed by atoms with Crippen molar-refractivity contribution in [1.29, 1.82) is 0 Å². The minimum absolute atomic E-state index is 0.0975. The van der Waals surface area contributed by atoms with Crippen molar-refractivity contribution in [3.05, 3.63) is 83.7 Å². The maximum atomic E-state index is 13.1. The van der Waals surface area contributed by atoms with E-state index in [-0.39, 0.29) is 24.1 Å². The van der Waals surface area contributed by atoms with Gasteiger partial charge in [-0.15, -0.1) is 0 Å². The Morgan fingerprint density at radius 1 is 1.06 bits per heavy atom. The number of amides is 1. The second kappa shape index (κ2) is 7.12. The highest BCUT2D eigenvalue weighted by Gasteiger charge is 2.41. The molecule has 31 heavy (non-hydrogen) atoms. The zero-order valence-corrected chi connectivity index (χ0v) is 17.6. The number of carbonyl (C=O) groups excluding carboxylic acids is 1. The van der Waals surface area contributed by atoms with Gasteiger partial charge in [0.1, 0.15) is 6.61 Å². The van der Waals surface area contributed by atoms with E-state index in [4.69, 9.17) is 4.74 Å². The van der Waals surface area contributed by atoms with Crippen LogP contribution in [0.15, 0.2) is 67.0 Å². The average molecular weight is 412 g/mol. The Kier molecular flexibility index (Phi) is 4.23. The molecular weight excluding hydrogens is 386 g/mol. The average Bonchev–Trinajstić information content (AvgIpc) is 3.44. The van der Waals surface area contributed by atoms with E-state index in [0.29, 0.717) is 6.61 Å². The predicted molar refractivity (Wildman–Crippen MR) is 120 cm³/mol. The van der Waals surface area contributed by atoms with Crippen molar-refractivity contribution in [2.45, 2.75) is 37.3 Å². The number of rotatable bonds is 3. The highest BCUT2D eigenvalue weighted by atomic mass is 16.6. The Balaban J connectivity index is 1.20. The Morgan fingerprint density at radius 2 is 1.77 bits per heavy atom. The van der Waals surface area contributed by atoms with Gasteiger partial charge in [-0.3, -0.25) is 9.58 Å². The first-order chi connectivity index (χ1) is 15.2. The maximum absolute atomic E-state index is 13.1. The van der Waals surface area contributed by atoms with Gasteiger partial charge in [0.05, 0.1) is 12.2 Å². The maximum Gasteiger partial charge on any atom is 0.410 e. The number of benzene rings is 2. The summed E-state index contributed by atoms with van der Waals surface area (Å²) >= 11 is 0. The van der Waals surface area contributed by atoms with Gasteiger partial charge in [0.2, 0.25) is 0 Å². The molecule has 2 aromatic carbocycles. The molecule has 6 rings (SSSR count). The van der Waals surface area contributed by atoms with Crippen LogP contribution in [0.1, 0.15) is 41.9 Å². The fraction of sp³-hybridized carbons (Fsp3) is 0.308. The van der Waals surface area contributed by atoms with E-state index in [0.717, 1.165) is 24.8 Å². The van der Waals surface area contributed by atoms with Crippen LogP contribution < -0.4 is 0 Å². The van der Waals surface area contributed by atoms with Gasteiger partial charge in [-0.1, -0.05) is 54.6 Å². The van der Waals surface area contributed by atoms with Crippen molar-refractivity contribution in [1.82, 2.24) is 14.7 Å². The normalized spacial score (nSPS) is 21.6. The summed E-state index contributed by atoms with van der Waals surface area (Å²) in [5.74, 6) is 0.0975. The molecule has 2 unspecified atom stereocenters. The van der Waals surface area contributed by atoms with E-state index >= 15 is 0 Å². The molecule has 1 fully saturated rings. The van der Waals surface area contributed by atoms with Crippen LogP contribution in [0.25, 0.3) is 16.7 Å². The minimum atomic E-state index is -0.184. The Bertz CT molecular complexity index is 1150. The number of aromatic nitrogens is 2. The first-order valence-corrected chi connectivity index (χ1v) is 11.0. The summed E-state index contributed by atoms with van der Waals surface area (Å²) in [5, 5.41) is 4.30. The van der Waals surface area contributed by atoms with Crippen molar-refractivity contribution in [3.8, 4) is 11.1 Å². The first kappa shape index (κ1) is 18.4. The molecule has 1 aliphatic carbocycles. The van der Waals surface area contributed by atoms with Gasteiger partial charge in [0.25, 0.3) is 0 Å². The zero-order valence-electron chi connectivity index (χ0n) is 17.6. The van der Waals surface area contributed by atoms with E-state index in [1.54, 1.807) is 0 Å². The summed E-state index contributed by atoms with van der Waals surface area (Å²) in [4.78, 5) is 15.1. The Morgan fingerprint density at radius 3 is 2.42 bits per heavy atom. The number of ether oxygens (including phenoxy) is 1. The smallest absolute Gasteiger partial charge is 0.410 e. The molecule has 2 bridgehead atoms. The van der Waals surface area contributed by atoms with E-state index in [9.17, 15) is 4.79 Å². The lowest BCUT2D eigenvalue weighted by Gasteiger charge is -2.33. The van der Waals surface area contributed by atoms with E-state index in [1.165, 1.54) is 27.8 Å². The molecule has 1 amide bonds. The van der Waals surface area contributed by atoms with Gasteiger partial charge < -0.3 is 4.74 Å². The van der Waals surface area contributed by atoms with Crippen LogP contribution in [-0.4, -0.2) is 39.5 Å². The molecule has 2 atom stereocenters. The predicted octanol–water partition coefficient (Wildman–Crippen LogP) is 4.99. The number of hydrogen-bond acceptors (Lipinski definition) is 3. The molecule has 3 aromatic rings. The fourth-order valence-electron chi connectivity index (χ4n) is 5.58.